The van der Waals surface area contributed by atoms with E-state index in [2.05, 4.69) is 13.8 Å². The molecule has 2 aliphatic rings. The molecule has 0 N–H and O–H groups in total. The molecule has 7 heteroatoms. The summed E-state index contributed by atoms with van der Waals surface area (Å²) in [6.07, 6.45) is 2.21. The maximum Gasteiger partial charge on any atom is 0.410 e. The van der Waals surface area contributed by atoms with E-state index in [4.69, 9.17) is 9.47 Å². The van der Waals surface area contributed by atoms with Crippen LogP contribution < -0.4 is 0 Å². The van der Waals surface area contributed by atoms with Crippen molar-refractivity contribution in [3.05, 3.63) is 35.4 Å². The molecule has 2 aliphatic heterocycles. The van der Waals surface area contributed by atoms with Crippen LogP contribution in [0, 0.1) is 5.92 Å². The van der Waals surface area contributed by atoms with Gasteiger partial charge in [-0.25, -0.2) is 9.59 Å². The van der Waals surface area contributed by atoms with Crippen molar-refractivity contribution < 1.29 is 23.9 Å². The normalized spacial score (nSPS) is 21.4. The number of carbonyl (C=O) groups is 3. The smallest absolute Gasteiger partial charge is 0.410 e. The number of methoxy groups -OCH3 is 1. The molecule has 0 radical (unpaired) electrons. The first-order chi connectivity index (χ1) is 13.5. The van der Waals surface area contributed by atoms with E-state index in [0.717, 1.165) is 19.3 Å². The minimum atomic E-state index is -0.461. The van der Waals surface area contributed by atoms with Crippen LogP contribution in [0.3, 0.4) is 0 Å². The first-order valence-electron chi connectivity index (χ1n) is 9.89. The fraction of sp³-hybridized carbons (Fsp3) is 0.571. The lowest BCUT2D eigenvalue weighted by atomic mass is 9.95. The van der Waals surface area contributed by atoms with Crippen LogP contribution in [0.25, 0.3) is 0 Å². The molecule has 1 aromatic rings. The summed E-state index contributed by atoms with van der Waals surface area (Å²) in [6.45, 7) is 5.86. The number of amides is 2. The summed E-state index contributed by atoms with van der Waals surface area (Å²) in [5.41, 5.74) is 0.832. The maximum absolute atomic E-state index is 12.8. The molecule has 2 heterocycles. The van der Waals surface area contributed by atoms with Gasteiger partial charge in [0, 0.05) is 24.7 Å². The molecule has 2 fully saturated rings. The number of nitrogens with zero attached hydrogens (tertiary/aromatic N) is 2. The van der Waals surface area contributed by atoms with Gasteiger partial charge in [-0.15, -0.1) is 0 Å². The highest BCUT2D eigenvalue weighted by atomic mass is 16.6. The van der Waals surface area contributed by atoms with Crippen molar-refractivity contribution in [2.24, 2.45) is 5.92 Å². The Bertz CT molecular complexity index is 742. The molecule has 152 valence electrons. The van der Waals surface area contributed by atoms with Gasteiger partial charge in [-0.05, 0) is 37.0 Å². The summed E-state index contributed by atoms with van der Waals surface area (Å²) >= 11 is 0. The molecule has 0 aliphatic carbocycles. The Morgan fingerprint density at radius 3 is 2.57 bits per heavy atom. The first-order valence-corrected chi connectivity index (χ1v) is 9.89. The predicted octanol–water partition coefficient (Wildman–Crippen LogP) is 2.94. The molecule has 2 amide bonds. The standard InChI is InChI=1S/C21H28N2O5/c1-4-14(2)18-13-28-21(26)23(18)17-8-10-22(11-9-17)19(24)15-6-5-7-16(12-15)20(25)27-3/h5-7,12,14,17-18H,4,8-11,13H2,1-3H3/t14-,18-/m0/s1. The lowest BCUT2D eigenvalue weighted by Gasteiger charge is -2.39. The molecule has 28 heavy (non-hydrogen) atoms. The van der Waals surface area contributed by atoms with E-state index < -0.39 is 5.97 Å². The Kier molecular flexibility index (Phi) is 6.21. The van der Waals surface area contributed by atoms with Gasteiger partial charge in [0.15, 0.2) is 0 Å². The molecule has 0 bridgehead atoms. The van der Waals surface area contributed by atoms with Crippen LogP contribution in [0.5, 0.6) is 0 Å². The van der Waals surface area contributed by atoms with Gasteiger partial charge in [0.05, 0.1) is 18.7 Å². The Balaban J connectivity index is 1.64. The molecular weight excluding hydrogens is 360 g/mol. The zero-order valence-corrected chi connectivity index (χ0v) is 16.7. The molecule has 1 aromatic carbocycles. The summed E-state index contributed by atoms with van der Waals surface area (Å²) in [4.78, 5) is 40.5. The van der Waals surface area contributed by atoms with E-state index in [1.165, 1.54) is 7.11 Å². The second-order valence-corrected chi connectivity index (χ2v) is 7.53. The van der Waals surface area contributed by atoms with Crippen molar-refractivity contribution in [1.82, 2.24) is 9.80 Å². The number of hydrogen-bond donors (Lipinski definition) is 0. The number of carbonyl (C=O) groups excluding carboxylic acids is 3. The number of hydrogen-bond acceptors (Lipinski definition) is 5. The van der Waals surface area contributed by atoms with Gasteiger partial charge in [0.2, 0.25) is 0 Å². The SMILES string of the molecule is CC[C@H](C)[C@@H]1COC(=O)N1C1CCN(C(=O)c2cccc(C(=O)OC)c2)CC1. The molecular formula is C21H28N2O5. The van der Waals surface area contributed by atoms with Crippen molar-refractivity contribution in [1.29, 1.82) is 0 Å². The number of ether oxygens (including phenoxy) is 2. The number of likely N-dealkylation sites (tertiary alicyclic amines) is 1. The minimum Gasteiger partial charge on any atom is -0.465 e. The van der Waals surface area contributed by atoms with E-state index in [1.807, 2.05) is 4.90 Å². The Morgan fingerprint density at radius 1 is 1.25 bits per heavy atom. The summed E-state index contributed by atoms with van der Waals surface area (Å²) in [7, 11) is 1.32. The minimum absolute atomic E-state index is 0.0967. The summed E-state index contributed by atoms with van der Waals surface area (Å²) in [5.74, 6) is -0.184. The average molecular weight is 388 g/mol. The van der Waals surface area contributed by atoms with E-state index >= 15 is 0 Å². The van der Waals surface area contributed by atoms with Crippen molar-refractivity contribution >= 4 is 18.0 Å². The van der Waals surface area contributed by atoms with Crippen molar-refractivity contribution in [3.8, 4) is 0 Å². The molecule has 3 rings (SSSR count). The van der Waals surface area contributed by atoms with Crippen molar-refractivity contribution in [2.45, 2.75) is 45.2 Å². The number of rotatable bonds is 5. The van der Waals surface area contributed by atoms with E-state index in [9.17, 15) is 14.4 Å². The van der Waals surface area contributed by atoms with Crippen LogP contribution in [-0.4, -0.2) is 66.7 Å². The largest absolute Gasteiger partial charge is 0.465 e. The molecule has 7 nitrogen and oxygen atoms in total. The second kappa shape index (κ2) is 8.63. The van der Waals surface area contributed by atoms with Gasteiger partial charge in [-0.3, -0.25) is 9.69 Å². The first kappa shape index (κ1) is 20.2. The molecule has 0 unspecified atom stereocenters. The topological polar surface area (TPSA) is 76.2 Å². The van der Waals surface area contributed by atoms with Gasteiger partial charge in [-0.2, -0.15) is 0 Å². The summed E-state index contributed by atoms with van der Waals surface area (Å²) < 4.78 is 10.0. The number of benzene rings is 1. The summed E-state index contributed by atoms with van der Waals surface area (Å²) in [5, 5.41) is 0. The number of piperidine rings is 1. The zero-order chi connectivity index (χ0) is 20.3. The van der Waals surface area contributed by atoms with Crippen molar-refractivity contribution in [3.63, 3.8) is 0 Å². The van der Waals surface area contributed by atoms with E-state index in [0.29, 0.717) is 36.7 Å². The predicted molar refractivity (Wildman–Crippen MR) is 103 cm³/mol. The molecule has 2 saturated heterocycles. The number of cyclic esters (lactones) is 1. The monoisotopic (exact) mass is 388 g/mol. The lowest BCUT2D eigenvalue weighted by Crippen LogP contribution is -2.51. The highest BCUT2D eigenvalue weighted by molar-refractivity contribution is 5.98. The lowest BCUT2D eigenvalue weighted by molar-refractivity contribution is 0.0600. The summed E-state index contributed by atoms with van der Waals surface area (Å²) in [6, 6.07) is 6.79. The average Bonchev–Trinajstić information content (AvgIpc) is 3.13. The zero-order valence-electron chi connectivity index (χ0n) is 16.7. The van der Waals surface area contributed by atoms with Crippen LogP contribution >= 0.6 is 0 Å². The Morgan fingerprint density at radius 2 is 1.93 bits per heavy atom. The maximum atomic E-state index is 12.8. The van der Waals surface area contributed by atoms with Crippen LogP contribution in [-0.2, 0) is 9.47 Å². The second-order valence-electron chi connectivity index (χ2n) is 7.53. The van der Waals surface area contributed by atoms with Crippen LogP contribution in [0.15, 0.2) is 24.3 Å². The fourth-order valence-electron chi connectivity index (χ4n) is 4.00. The van der Waals surface area contributed by atoms with Gasteiger partial charge in [-0.1, -0.05) is 26.3 Å². The van der Waals surface area contributed by atoms with Gasteiger partial charge < -0.3 is 14.4 Å². The molecule has 0 aromatic heterocycles. The Hall–Kier alpha value is -2.57. The van der Waals surface area contributed by atoms with Gasteiger partial charge >= 0.3 is 12.1 Å². The third-order valence-corrected chi connectivity index (χ3v) is 5.92. The van der Waals surface area contributed by atoms with E-state index in [-0.39, 0.29) is 24.1 Å². The highest BCUT2D eigenvalue weighted by Crippen LogP contribution is 2.29. The highest BCUT2D eigenvalue weighted by Gasteiger charge is 2.41. The van der Waals surface area contributed by atoms with Crippen LogP contribution in [0.4, 0.5) is 4.79 Å². The quantitative estimate of drug-likeness (QED) is 0.725. The van der Waals surface area contributed by atoms with Gasteiger partial charge in [0.25, 0.3) is 5.91 Å². The van der Waals surface area contributed by atoms with E-state index in [1.54, 1.807) is 29.2 Å². The van der Waals surface area contributed by atoms with Crippen LogP contribution in [0.2, 0.25) is 0 Å². The Labute approximate surface area is 165 Å². The molecule has 0 spiro atoms. The fourth-order valence-corrected chi connectivity index (χ4v) is 4.00. The van der Waals surface area contributed by atoms with Gasteiger partial charge in [0.1, 0.15) is 6.61 Å². The third kappa shape index (κ3) is 3.98. The molecule has 2 atom stereocenters. The number of esters is 1. The third-order valence-electron chi connectivity index (χ3n) is 5.92. The van der Waals surface area contributed by atoms with Crippen molar-refractivity contribution in [2.75, 3.05) is 26.8 Å². The van der Waals surface area contributed by atoms with Crippen LogP contribution in [0.1, 0.15) is 53.8 Å². The molecule has 0 saturated carbocycles.